The first-order chi connectivity index (χ1) is 14.4. The summed E-state index contributed by atoms with van der Waals surface area (Å²) in [4.78, 5) is 30.5. The lowest BCUT2D eigenvalue weighted by molar-refractivity contribution is -0.126. The van der Waals surface area contributed by atoms with Crippen LogP contribution in [0, 0.1) is 6.92 Å². The maximum atomic E-state index is 13.5. The molecule has 2 fully saturated rings. The highest BCUT2D eigenvalue weighted by Gasteiger charge is 2.44. The van der Waals surface area contributed by atoms with Crippen molar-refractivity contribution in [3.8, 4) is 5.75 Å². The van der Waals surface area contributed by atoms with Gasteiger partial charge in [0.1, 0.15) is 17.4 Å². The first kappa shape index (κ1) is 21.1. The minimum atomic E-state index is -0.578. The van der Waals surface area contributed by atoms with Crippen molar-refractivity contribution >= 4 is 11.8 Å². The number of amides is 2. The predicted molar refractivity (Wildman–Crippen MR) is 114 cm³/mol. The van der Waals surface area contributed by atoms with Crippen LogP contribution in [0.5, 0.6) is 5.75 Å². The third-order valence-corrected chi connectivity index (χ3v) is 6.68. The fraction of sp³-hybridized carbons (Fsp3) is 0.652. The number of piperidine rings is 1. The molecule has 1 aromatic rings. The standard InChI is InChI=1S/C23H33N3O4/c1-16-6-7-20-19(13-16)22(28)26(15-23(30-20)8-10-25(3)11-9-23)17(2)21(27)24-14-18-5-4-12-29-18/h6-7,13,17-18H,4-5,8-12,14-15H2,1-3H3,(H,24,27). The van der Waals surface area contributed by atoms with Crippen molar-refractivity contribution in [2.45, 2.75) is 57.3 Å². The molecule has 7 nitrogen and oxygen atoms in total. The zero-order valence-corrected chi connectivity index (χ0v) is 18.3. The molecular formula is C23H33N3O4. The highest BCUT2D eigenvalue weighted by molar-refractivity contribution is 6.00. The van der Waals surface area contributed by atoms with E-state index in [0.29, 0.717) is 24.4 Å². The molecule has 1 aromatic carbocycles. The zero-order valence-electron chi connectivity index (χ0n) is 18.3. The summed E-state index contributed by atoms with van der Waals surface area (Å²) in [6.07, 6.45) is 3.72. The van der Waals surface area contributed by atoms with Gasteiger partial charge in [-0.05, 0) is 45.9 Å². The van der Waals surface area contributed by atoms with Crippen molar-refractivity contribution in [2.75, 3.05) is 39.8 Å². The van der Waals surface area contributed by atoms with Gasteiger partial charge in [-0.3, -0.25) is 9.59 Å². The van der Waals surface area contributed by atoms with Crippen LogP contribution >= 0.6 is 0 Å². The molecule has 0 bridgehead atoms. The quantitative estimate of drug-likeness (QED) is 0.814. The summed E-state index contributed by atoms with van der Waals surface area (Å²) in [5.74, 6) is 0.354. The van der Waals surface area contributed by atoms with Gasteiger partial charge in [0.05, 0.1) is 18.2 Å². The Balaban J connectivity index is 1.58. The molecule has 0 saturated carbocycles. The number of nitrogens with one attached hydrogen (secondary N) is 1. The Bertz CT molecular complexity index is 798. The summed E-state index contributed by atoms with van der Waals surface area (Å²) in [6, 6.07) is 5.16. The molecule has 2 unspecified atom stereocenters. The normalized spacial score (nSPS) is 24.8. The number of aryl methyl sites for hydroxylation is 1. The summed E-state index contributed by atoms with van der Waals surface area (Å²) in [7, 11) is 2.10. The predicted octanol–water partition coefficient (Wildman–Crippen LogP) is 1.98. The molecule has 3 heterocycles. The molecule has 164 valence electrons. The summed E-state index contributed by atoms with van der Waals surface area (Å²) < 4.78 is 12.1. The van der Waals surface area contributed by atoms with Gasteiger partial charge in [0, 0.05) is 39.1 Å². The van der Waals surface area contributed by atoms with Gasteiger partial charge in [0.15, 0.2) is 0 Å². The van der Waals surface area contributed by atoms with Crippen molar-refractivity contribution in [3.63, 3.8) is 0 Å². The highest BCUT2D eigenvalue weighted by atomic mass is 16.5. The number of fused-ring (bicyclic) bond motifs is 1. The van der Waals surface area contributed by atoms with Gasteiger partial charge in [-0.15, -0.1) is 0 Å². The van der Waals surface area contributed by atoms with Crippen LogP contribution in [0.4, 0.5) is 0 Å². The van der Waals surface area contributed by atoms with Crippen molar-refractivity contribution in [3.05, 3.63) is 29.3 Å². The molecule has 3 aliphatic rings. The van der Waals surface area contributed by atoms with Gasteiger partial charge in [-0.1, -0.05) is 11.6 Å². The number of nitrogens with zero attached hydrogens (tertiary/aromatic N) is 2. The van der Waals surface area contributed by atoms with E-state index in [9.17, 15) is 9.59 Å². The number of carbonyl (C=O) groups is 2. The average molecular weight is 416 g/mol. The average Bonchev–Trinajstić information content (AvgIpc) is 3.23. The van der Waals surface area contributed by atoms with Crippen LogP contribution in [0.25, 0.3) is 0 Å². The second-order valence-electron chi connectivity index (χ2n) is 9.08. The van der Waals surface area contributed by atoms with Gasteiger partial charge >= 0.3 is 0 Å². The maximum absolute atomic E-state index is 13.5. The van der Waals surface area contributed by atoms with E-state index in [1.165, 1.54) is 0 Å². The van der Waals surface area contributed by atoms with Crippen molar-refractivity contribution < 1.29 is 19.1 Å². The lowest BCUT2D eigenvalue weighted by Gasteiger charge is -2.42. The van der Waals surface area contributed by atoms with Crippen LogP contribution in [-0.4, -0.2) is 79.2 Å². The van der Waals surface area contributed by atoms with Crippen LogP contribution < -0.4 is 10.1 Å². The van der Waals surface area contributed by atoms with Gasteiger partial charge < -0.3 is 24.6 Å². The highest BCUT2D eigenvalue weighted by Crippen LogP contribution is 2.36. The van der Waals surface area contributed by atoms with Crippen LogP contribution in [0.3, 0.4) is 0 Å². The fourth-order valence-electron chi connectivity index (χ4n) is 4.61. The second kappa shape index (κ2) is 8.55. The first-order valence-electron chi connectivity index (χ1n) is 11.1. The smallest absolute Gasteiger partial charge is 0.258 e. The summed E-state index contributed by atoms with van der Waals surface area (Å²) in [5.41, 5.74) is 1.08. The summed E-state index contributed by atoms with van der Waals surface area (Å²) in [5, 5.41) is 2.99. The van der Waals surface area contributed by atoms with Gasteiger partial charge in [-0.25, -0.2) is 0 Å². The number of carbonyl (C=O) groups excluding carboxylic acids is 2. The van der Waals surface area contributed by atoms with E-state index in [-0.39, 0.29) is 17.9 Å². The van der Waals surface area contributed by atoms with E-state index in [0.717, 1.165) is 50.9 Å². The minimum absolute atomic E-state index is 0.0768. The van der Waals surface area contributed by atoms with E-state index in [1.807, 2.05) is 32.0 Å². The topological polar surface area (TPSA) is 71.1 Å². The third kappa shape index (κ3) is 4.32. The Hall–Kier alpha value is -2.12. The second-order valence-corrected chi connectivity index (χ2v) is 9.08. The van der Waals surface area contributed by atoms with Gasteiger partial charge in [0.2, 0.25) is 5.91 Å². The number of ether oxygens (including phenoxy) is 2. The molecule has 0 radical (unpaired) electrons. The summed E-state index contributed by atoms with van der Waals surface area (Å²) >= 11 is 0. The number of benzene rings is 1. The minimum Gasteiger partial charge on any atom is -0.484 e. The van der Waals surface area contributed by atoms with E-state index >= 15 is 0 Å². The van der Waals surface area contributed by atoms with Crippen LogP contribution in [0.15, 0.2) is 18.2 Å². The molecule has 0 aliphatic carbocycles. The van der Waals surface area contributed by atoms with Crippen LogP contribution in [0.2, 0.25) is 0 Å². The third-order valence-electron chi connectivity index (χ3n) is 6.68. The molecule has 2 atom stereocenters. The lowest BCUT2D eigenvalue weighted by atomic mass is 9.90. The number of likely N-dealkylation sites (tertiary alicyclic amines) is 1. The van der Waals surface area contributed by atoms with Crippen molar-refractivity contribution in [2.24, 2.45) is 0 Å². The van der Waals surface area contributed by atoms with Crippen LogP contribution in [-0.2, 0) is 9.53 Å². The molecule has 30 heavy (non-hydrogen) atoms. The molecule has 1 N–H and O–H groups in total. The molecule has 7 heteroatoms. The number of hydrogen-bond donors (Lipinski definition) is 1. The molecule has 1 spiro atoms. The maximum Gasteiger partial charge on any atom is 0.258 e. The van der Waals surface area contributed by atoms with E-state index in [2.05, 4.69) is 17.3 Å². The Morgan fingerprint density at radius 2 is 2.10 bits per heavy atom. The Morgan fingerprint density at radius 1 is 1.33 bits per heavy atom. The molecule has 3 aliphatic heterocycles. The van der Waals surface area contributed by atoms with E-state index < -0.39 is 11.6 Å². The number of rotatable bonds is 4. The molecule has 2 saturated heterocycles. The molecule has 2 amide bonds. The molecule has 0 aromatic heterocycles. The van der Waals surface area contributed by atoms with E-state index in [1.54, 1.807) is 4.90 Å². The van der Waals surface area contributed by atoms with Crippen molar-refractivity contribution in [1.29, 1.82) is 0 Å². The fourth-order valence-corrected chi connectivity index (χ4v) is 4.61. The van der Waals surface area contributed by atoms with Gasteiger partial charge in [-0.2, -0.15) is 0 Å². The first-order valence-corrected chi connectivity index (χ1v) is 11.1. The van der Waals surface area contributed by atoms with Crippen LogP contribution in [0.1, 0.15) is 48.5 Å². The summed E-state index contributed by atoms with van der Waals surface area (Å²) in [6.45, 7) is 7.25. The molecule has 4 rings (SSSR count). The van der Waals surface area contributed by atoms with Crippen molar-refractivity contribution in [1.82, 2.24) is 15.1 Å². The molecular weight excluding hydrogens is 382 g/mol. The largest absolute Gasteiger partial charge is 0.484 e. The Labute approximate surface area is 178 Å². The zero-order chi connectivity index (χ0) is 21.3. The Kier molecular flexibility index (Phi) is 6.02. The monoisotopic (exact) mass is 415 g/mol. The SMILES string of the molecule is Cc1ccc2c(c1)C(=O)N(C(C)C(=O)NCC1CCCO1)CC1(CCN(C)CC1)O2. The van der Waals surface area contributed by atoms with E-state index in [4.69, 9.17) is 9.47 Å². The number of hydrogen-bond acceptors (Lipinski definition) is 5. The Morgan fingerprint density at radius 3 is 2.80 bits per heavy atom. The lowest BCUT2D eigenvalue weighted by Crippen LogP contribution is -2.57. The van der Waals surface area contributed by atoms with Gasteiger partial charge in [0.25, 0.3) is 5.91 Å².